The number of hydrogen-bond acceptors (Lipinski definition) is 5. The minimum Gasteiger partial charge on any atom is -0.497 e. The van der Waals surface area contributed by atoms with Crippen LogP contribution in [0, 0.1) is 0 Å². The van der Waals surface area contributed by atoms with Crippen LogP contribution in [0.25, 0.3) is 0 Å². The Labute approximate surface area is 134 Å². The van der Waals surface area contributed by atoms with Crippen molar-refractivity contribution >= 4 is 11.9 Å². The minimum absolute atomic E-state index is 0.361. The van der Waals surface area contributed by atoms with Gasteiger partial charge in [0, 0.05) is 11.1 Å². The van der Waals surface area contributed by atoms with Gasteiger partial charge in [-0.15, -0.1) is 0 Å². The number of ether oxygens (including phenoxy) is 3. The van der Waals surface area contributed by atoms with E-state index in [0.29, 0.717) is 16.9 Å². The van der Waals surface area contributed by atoms with E-state index in [2.05, 4.69) is 11.3 Å². The number of Topliss-reactive ketones (excluding diaryl/α,β-unsaturated/α-hetero) is 1. The molecule has 0 bridgehead atoms. The molecule has 0 N–H and O–H groups in total. The van der Waals surface area contributed by atoms with Gasteiger partial charge in [0.25, 0.3) is 0 Å². The molecule has 0 saturated carbocycles. The predicted molar refractivity (Wildman–Crippen MR) is 84.3 cm³/mol. The molecular weight excluding hydrogens is 296 g/mol. The SMILES string of the molecule is C=COC(=O)OC(C(=O)c1ccc(OC)cc1)c1ccccc1. The molecule has 5 nitrogen and oxygen atoms in total. The average Bonchev–Trinajstić information content (AvgIpc) is 2.60. The maximum absolute atomic E-state index is 12.7. The molecule has 0 saturated heterocycles. The summed E-state index contributed by atoms with van der Waals surface area (Å²) in [4.78, 5) is 24.3. The molecule has 2 aromatic rings. The summed E-state index contributed by atoms with van der Waals surface area (Å²) >= 11 is 0. The van der Waals surface area contributed by atoms with Crippen LogP contribution in [0.2, 0.25) is 0 Å². The van der Waals surface area contributed by atoms with Gasteiger partial charge in [-0.1, -0.05) is 36.9 Å². The number of benzene rings is 2. The first-order valence-electron chi connectivity index (χ1n) is 6.87. The first kappa shape index (κ1) is 16.3. The van der Waals surface area contributed by atoms with Gasteiger partial charge < -0.3 is 14.2 Å². The molecule has 0 fully saturated rings. The van der Waals surface area contributed by atoms with E-state index in [1.165, 1.54) is 7.11 Å². The van der Waals surface area contributed by atoms with Crippen molar-refractivity contribution in [2.75, 3.05) is 7.11 Å². The summed E-state index contributed by atoms with van der Waals surface area (Å²) in [5.74, 6) is 0.268. The highest BCUT2D eigenvalue weighted by Gasteiger charge is 2.26. The molecule has 2 rings (SSSR count). The van der Waals surface area contributed by atoms with Crippen LogP contribution in [-0.2, 0) is 9.47 Å². The molecule has 0 aliphatic rings. The Morgan fingerprint density at radius 1 is 1.04 bits per heavy atom. The fourth-order valence-corrected chi connectivity index (χ4v) is 2.00. The normalized spacial score (nSPS) is 11.2. The lowest BCUT2D eigenvalue weighted by Crippen LogP contribution is -2.20. The second kappa shape index (κ2) is 7.79. The van der Waals surface area contributed by atoms with Crippen LogP contribution in [0.1, 0.15) is 22.0 Å². The molecule has 1 atom stereocenters. The van der Waals surface area contributed by atoms with Crippen molar-refractivity contribution in [1.82, 2.24) is 0 Å². The second-order valence-electron chi connectivity index (χ2n) is 4.54. The summed E-state index contributed by atoms with van der Waals surface area (Å²) in [6, 6.07) is 15.3. The molecule has 23 heavy (non-hydrogen) atoms. The Morgan fingerprint density at radius 2 is 1.70 bits per heavy atom. The van der Waals surface area contributed by atoms with E-state index in [1.54, 1.807) is 54.6 Å². The van der Waals surface area contributed by atoms with E-state index in [-0.39, 0.29) is 5.78 Å². The van der Waals surface area contributed by atoms with Crippen molar-refractivity contribution < 1.29 is 23.8 Å². The number of carbonyl (C=O) groups excluding carboxylic acids is 2. The molecule has 0 amide bonds. The fraction of sp³-hybridized carbons (Fsp3) is 0.111. The summed E-state index contributed by atoms with van der Waals surface area (Å²) < 4.78 is 14.7. The average molecular weight is 312 g/mol. The summed E-state index contributed by atoms with van der Waals surface area (Å²) in [5.41, 5.74) is 0.945. The van der Waals surface area contributed by atoms with E-state index < -0.39 is 12.3 Å². The van der Waals surface area contributed by atoms with E-state index in [9.17, 15) is 9.59 Å². The van der Waals surface area contributed by atoms with Gasteiger partial charge >= 0.3 is 6.16 Å². The van der Waals surface area contributed by atoms with E-state index in [4.69, 9.17) is 9.47 Å². The largest absolute Gasteiger partial charge is 0.514 e. The zero-order valence-electron chi connectivity index (χ0n) is 12.6. The van der Waals surface area contributed by atoms with Gasteiger partial charge in [0.1, 0.15) is 5.75 Å². The number of rotatable bonds is 6. The van der Waals surface area contributed by atoms with Crippen LogP contribution in [0.15, 0.2) is 67.4 Å². The highest BCUT2D eigenvalue weighted by Crippen LogP contribution is 2.24. The van der Waals surface area contributed by atoms with Crippen LogP contribution in [-0.4, -0.2) is 19.0 Å². The molecule has 5 heteroatoms. The number of hydrogen-bond donors (Lipinski definition) is 0. The summed E-state index contributed by atoms with van der Waals surface area (Å²) in [7, 11) is 1.54. The van der Waals surface area contributed by atoms with Gasteiger partial charge in [0.15, 0.2) is 6.10 Å². The minimum atomic E-state index is -1.10. The maximum Gasteiger partial charge on any atom is 0.514 e. The fourth-order valence-electron chi connectivity index (χ4n) is 2.00. The zero-order valence-corrected chi connectivity index (χ0v) is 12.6. The van der Waals surface area contributed by atoms with Gasteiger partial charge in [0.2, 0.25) is 5.78 Å². The van der Waals surface area contributed by atoms with Gasteiger partial charge in [0.05, 0.1) is 13.4 Å². The molecule has 0 spiro atoms. The highest BCUT2D eigenvalue weighted by atomic mass is 16.7. The molecule has 0 radical (unpaired) electrons. The van der Waals surface area contributed by atoms with Crippen LogP contribution in [0.3, 0.4) is 0 Å². The Hall–Kier alpha value is -3.08. The van der Waals surface area contributed by atoms with Crippen LogP contribution in [0.5, 0.6) is 5.75 Å². The van der Waals surface area contributed by atoms with Gasteiger partial charge in [-0.3, -0.25) is 4.79 Å². The predicted octanol–water partition coefficient (Wildman–Crippen LogP) is 3.92. The van der Waals surface area contributed by atoms with Crippen molar-refractivity contribution in [2.45, 2.75) is 6.10 Å². The number of ketones is 1. The van der Waals surface area contributed by atoms with Crippen LogP contribution in [0.4, 0.5) is 4.79 Å². The van der Waals surface area contributed by atoms with Crippen molar-refractivity contribution in [3.63, 3.8) is 0 Å². The van der Waals surface area contributed by atoms with Crippen molar-refractivity contribution in [3.05, 3.63) is 78.6 Å². The number of methoxy groups -OCH3 is 1. The summed E-state index contributed by atoms with van der Waals surface area (Å²) in [6.45, 7) is 3.28. The van der Waals surface area contributed by atoms with E-state index >= 15 is 0 Å². The molecule has 0 heterocycles. The summed E-state index contributed by atoms with van der Waals surface area (Å²) in [6.07, 6.45) is -1.14. The van der Waals surface area contributed by atoms with Crippen molar-refractivity contribution in [3.8, 4) is 5.75 Å². The van der Waals surface area contributed by atoms with Gasteiger partial charge in [-0.05, 0) is 24.3 Å². The number of carbonyl (C=O) groups is 2. The topological polar surface area (TPSA) is 61.8 Å². The van der Waals surface area contributed by atoms with Gasteiger partial charge in [-0.2, -0.15) is 0 Å². The molecule has 0 aromatic heterocycles. The summed E-state index contributed by atoms with van der Waals surface area (Å²) in [5, 5.41) is 0. The highest BCUT2D eigenvalue weighted by molar-refractivity contribution is 6.00. The van der Waals surface area contributed by atoms with Crippen LogP contribution >= 0.6 is 0 Å². The van der Waals surface area contributed by atoms with Crippen molar-refractivity contribution in [1.29, 1.82) is 0 Å². The molecule has 0 aliphatic carbocycles. The quantitative estimate of drug-likeness (QED) is 0.459. The molecule has 0 aliphatic heterocycles. The first-order chi connectivity index (χ1) is 11.2. The third-order valence-electron chi connectivity index (χ3n) is 3.11. The second-order valence-corrected chi connectivity index (χ2v) is 4.54. The Kier molecular flexibility index (Phi) is 5.52. The molecule has 2 aromatic carbocycles. The van der Waals surface area contributed by atoms with Crippen LogP contribution < -0.4 is 4.74 Å². The lowest BCUT2D eigenvalue weighted by molar-refractivity contribution is 0.0389. The standard InChI is InChI=1S/C18H16O5/c1-3-22-18(20)23-17(14-7-5-4-6-8-14)16(19)13-9-11-15(21-2)12-10-13/h3-12,17H,1H2,2H3. The monoisotopic (exact) mass is 312 g/mol. The Balaban J connectivity index is 2.29. The lowest BCUT2D eigenvalue weighted by Gasteiger charge is -2.16. The third kappa shape index (κ3) is 4.20. The lowest BCUT2D eigenvalue weighted by atomic mass is 10.00. The molecular formula is C18H16O5. The van der Waals surface area contributed by atoms with Crippen molar-refractivity contribution in [2.24, 2.45) is 0 Å². The molecule has 118 valence electrons. The Bertz CT molecular complexity index is 676. The van der Waals surface area contributed by atoms with E-state index in [0.717, 1.165) is 6.26 Å². The van der Waals surface area contributed by atoms with E-state index in [1.807, 2.05) is 0 Å². The molecule has 1 unspecified atom stereocenters. The Morgan fingerprint density at radius 3 is 2.26 bits per heavy atom. The smallest absolute Gasteiger partial charge is 0.497 e. The van der Waals surface area contributed by atoms with Gasteiger partial charge in [-0.25, -0.2) is 4.79 Å². The zero-order chi connectivity index (χ0) is 16.7. The third-order valence-corrected chi connectivity index (χ3v) is 3.11. The first-order valence-corrected chi connectivity index (χ1v) is 6.87. The maximum atomic E-state index is 12.7.